The second-order valence-electron chi connectivity index (χ2n) is 7.37. The van der Waals surface area contributed by atoms with Crippen molar-refractivity contribution in [2.45, 2.75) is 23.8 Å². The lowest BCUT2D eigenvalue weighted by Gasteiger charge is -2.25. The van der Waals surface area contributed by atoms with Crippen LogP contribution in [-0.4, -0.2) is 64.4 Å². The fraction of sp³-hybridized carbons (Fsp3) is 0.381. The summed E-state index contributed by atoms with van der Waals surface area (Å²) in [6.45, 7) is -0.372. The minimum Gasteiger partial charge on any atom is -0.497 e. The number of fused-ring (bicyclic) bond motifs is 1. The number of hydrogen-bond acceptors (Lipinski definition) is 7. The number of nitrogens with zero attached hydrogens (tertiary/aromatic N) is 1. The van der Waals surface area contributed by atoms with Crippen molar-refractivity contribution >= 4 is 41.1 Å². The van der Waals surface area contributed by atoms with E-state index in [1.165, 1.54) is 4.90 Å². The Kier molecular flexibility index (Phi) is 6.64. The average Bonchev–Trinajstić information content (AvgIpc) is 3.18. The van der Waals surface area contributed by atoms with Crippen LogP contribution in [0.25, 0.3) is 10.8 Å². The molecule has 2 aromatic rings. The Bertz CT molecular complexity index is 981. The molecule has 1 heterocycles. The van der Waals surface area contributed by atoms with Gasteiger partial charge in [-0.25, -0.2) is 0 Å². The summed E-state index contributed by atoms with van der Waals surface area (Å²) in [5.74, 6) is -2.95. The second kappa shape index (κ2) is 9.03. The van der Waals surface area contributed by atoms with E-state index in [0.29, 0.717) is 11.3 Å². The predicted molar refractivity (Wildman–Crippen MR) is 114 cm³/mol. The molecule has 0 radical (unpaired) electrons. The fourth-order valence-corrected chi connectivity index (χ4v) is 4.23. The summed E-state index contributed by atoms with van der Waals surface area (Å²) in [5, 5.41) is 20.1. The van der Waals surface area contributed by atoms with Crippen LogP contribution >= 0.6 is 12.6 Å². The first-order valence-electron chi connectivity index (χ1n) is 9.45. The van der Waals surface area contributed by atoms with Crippen molar-refractivity contribution in [2.75, 3.05) is 20.3 Å². The zero-order valence-corrected chi connectivity index (χ0v) is 17.3. The van der Waals surface area contributed by atoms with Crippen molar-refractivity contribution in [1.82, 2.24) is 4.90 Å². The van der Waals surface area contributed by atoms with Gasteiger partial charge in [0.1, 0.15) is 22.9 Å². The Hall–Kier alpha value is -2.62. The highest BCUT2D eigenvalue weighted by Gasteiger charge is 2.45. The molecule has 0 aliphatic carbocycles. The molecule has 4 unspecified atom stereocenters. The standard InChI is InChI=1S/C21H24N2O6S/c1-29-15-5-4-11-6-13(3-2-12(11)7-15)16(10-24)18(25)14-8-17(21(27)28)23(9-14)20(30)19(22)26/h2-7,14,16-17,20,24,30H,8-10H2,1H3,(H2,22,26)(H,27,28). The smallest absolute Gasteiger partial charge is 0.320 e. The molecule has 0 bridgehead atoms. The van der Waals surface area contributed by atoms with Gasteiger partial charge >= 0.3 is 5.97 Å². The number of aliphatic hydroxyl groups is 1. The lowest BCUT2D eigenvalue weighted by molar-refractivity contribution is -0.142. The number of aliphatic hydroxyl groups excluding tert-OH is 1. The Labute approximate surface area is 179 Å². The molecule has 0 saturated carbocycles. The number of carbonyl (C=O) groups is 3. The Morgan fingerprint density at radius 2 is 1.90 bits per heavy atom. The van der Waals surface area contributed by atoms with Gasteiger partial charge in [0.15, 0.2) is 0 Å². The summed E-state index contributed by atoms with van der Waals surface area (Å²) < 4.78 is 5.22. The van der Waals surface area contributed by atoms with Gasteiger partial charge in [-0.15, -0.1) is 0 Å². The summed E-state index contributed by atoms with van der Waals surface area (Å²) in [6, 6.07) is 9.96. The Balaban J connectivity index is 1.86. The number of thiol groups is 1. The van der Waals surface area contributed by atoms with E-state index in [2.05, 4.69) is 12.6 Å². The third-order valence-electron chi connectivity index (χ3n) is 5.60. The quantitative estimate of drug-likeness (QED) is 0.458. The molecule has 0 spiro atoms. The van der Waals surface area contributed by atoms with Gasteiger partial charge in [-0.3, -0.25) is 19.3 Å². The molecule has 1 saturated heterocycles. The summed E-state index contributed by atoms with van der Waals surface area (Å²) in [4.78, 5) is 37.6. The summed E-state index contributed by atoms with van der Waals surface area (Å²) >= 11 is 4.10. The van der Waals surface area contributed by atoms with E-state index in [1.807, 2.05) is 30.3 Å². The van der Waals surface area contributed by atoms with Gasteiger partial charge < -0.3 is 20.7 Å². The number of primary amides is 1. The van der Waals surface area contributed by atoms with Crippen molar-refractivity contribution in [3.63, 3.8) is 0 Å². The molecule has 8 nitrogen and oxygen atoms in total. The Morgan fingerprint density at radius 3 is 2.50 bits per heavy atom. The normalized spacial score (nSPS) is 21.3. The van der Waals surface area contributed by atoms with Gasteiger partial charge in [0.25, 0.3) is 0 Å². The second-order valence-corrected chi connectivity index (χ2v) is 7.86. The summed E-state index contributed by atoms with van der Waals surface area (Å²) in [5.41, 5.74) is 5.91. The molecule has 1 amide bonds. The van der Waals surface area contributed by atoms with Crippen molar-refractivity contribution in [2.24, 2.45) is 11.7 Å². The van der Waals surface area contributed by atoms with Crippen LogP contribution in [0.2, 0.25) is 0 Å². The molecule has 0 aromatic heterocycles. The lowest BCUT2D eigenvalue weighted by atomic mass is 9.86. The zero-order valence-electron chi connectivity index (χ0n) is 16.4. The van der Waals surface area contributed by atoms with Crippen molar-refractivity contribution < 1.29 is 29.3 Å². The van der Waals surface area contributed by atoms with E-state index in [-0.39, 0.29) is 18.7 Å². The van der Waals surface area contributed by atoms with Crippen LogP contribution in [0, 0.1) is 5.92 Å². The number of carbonyl (C=O) groups excluding carboxylic acids is 2. The molecule has 9 heteroatoms. The number of ether oxygens (including phenoxy) is 1. The largest absolute Gasteiger partial charge is 0.497 e. The van der Waals surface area contributed by atoms with Gasteiger partial charge in [0.2, 0.25) is 5.91 Å². The molecule has 4 N–H and O–H groups in total. The highest BCUT2D eigenvalue weighted by atomic mass is 32.1. The van der Waals surface area contributed by atoms with Crippen LogP contribution in [0.5, 0.6) is 5.75 Å². The number of ketones is 1. The predicted octanol–water partition coefficient (Wildman–Crippen LogP) is 1.01. The number of aliphatic carboxylic acids is 1. The minimum atomic E-state index is -1.15. The van der Waals surface area contributed by atoms with Crippen molar-refractivity contribution in [3.8, 4) is 5.75 Å². The van der Waals surface area contributed by atoms with E-state index in [4.69, 9.17) is 10.5 Å². The van der Waals surface area contributed by atoms with Gasteiger partial charge in [0.05, 0.1) is 19.6 Å². The molecule has 1 aliphatic heterocycles. The number of carboxylic acids is 1. The SMILES string of the molecule is COc1ccc2cc(C(CO)C(=O)C3CC(C(=O)O)N(C(S)C(N)=O)C3)ccc2c1. The van der Waals surface area contributed by atoms with Crippen LogP contribution in [0.1, 0.15) is 17.9 Å². The van der Waals surface area contributed by atoms with E-state index < -0.39 is 41.7 Å². The highest BCUT2D eigenvalue weighted by molar-refractivity contribution is 7.81. The Morgan fingerprint density at radius 1 is 1.23 bits per heavy atom. The van der Waals surface area contributed by atoms with Gasteiger partial charge in [-0.2, -0.15) is 12.6 Å². The first kappa shape index (κ1) is 22.1. The van der Waals surface area contributed by atoms with Crippen LogP contribution in [0.3, 0.4) is 0 Å². The molecular weight excluding hydrogens is 408 g/mol. The van der Waals surface area contributed by atoms with Crippen molar-refractivity contribution in [1.29, 1.82) is 0 Å². The molecular formula is C21H24N2O6S. The number of carboxylic acid groups (broad SMARTS) is 1. The number of likely N-dealkylation sites (tertiary alicyclic amines) is 1. The minimum absolute atomic E-state index is 0.0276. The molecule has 2 aromatic carbocycles. The molecule has 3 rings (SSSR count). The number of methoxy groups -OCH3 is 1. The average molecular weight is 432 g/mol. The maximum Gasteiger partial charge on any atom is 0.320 e. The lowest BCUT2D eigenvalue weighted by Crippen LogP contribution is -2.46. The van der Waals surface area contributed by atoms with Gasteiger partial charge in [0, 0.05) is 12.5 Å². The topological polar surface area (TPSA) is 130 Å². The highest BCUT2D eigenvalue weighted by Crippen LogP contribution is 2.33. The fourth-order valence-electron chi connectivity index (χ4n) is 3.97. The number of rotatable bonds is 8. The third-order valence-corrected chi connectivity index (χ3v) is 6.15. The third kappa shape index (κ3) is 4.28. The molecule has 4 atom stereocenters. The maximum absolute atomic E-state index is 13.2. The first-order valence-corrected chi connectivity index (χ1v) is 9.96. The maximum atomic E-state index is 13.2. The van der Waals surface area contributed by atoms with E-state index in [9.17, 15) is 24.6 Å². The number of benzene rings is 2. The molecule has 160 valence electrons. The van der Waals surface area contributed by atoms with Crippen molar-refractivity contribution in [3.05, 3.63) is 42.0 Å². The first-order chi connectivity index (χ1) is 14.3. The molecule has 1 fully saturated rings. The van der Waals surface area contributed by atoms with Crippen LogP contribution in [0.4, 0.5) is 0 Å². The van der Waals surface area contributed by atoms with E-state index in [0.717, 1.165) is 10.8 Å². The summed E-state index contributed by atoms with van der Waals surface area (Å²) in [7, 11) is 1.58. The van der Waals surface area contributed by atoms with Crippen LogP contribution < -0.4 is 10.5 Å². The zero-order chi connectivity index (χ0) is 22.0. The van der Waals surface area contributed by atoms with Gasteiger partial charge in [-0.1, -0.05) is 24.3 Å². The summed E-state index contributed by atoms with van der Waals surface area (Å²) in [6.07, 6.45) is 0.0276. The van der Waals surface area contributed by atoms with Gasteiger partial charge in [-0.05, 0) is 34.9 Å². The number of Topliss-reactive ketones (excluding diaryl/α,β-unsaturated/α-hetero) is 1. The van der Waals surface area contributed by atoms with Crippen LogP contribution in [-0.2, 0) is 14.4 Å². The van der Waals surface area contributed by atoms with E-state index in [1.54, 1.807) is 13.2 Å². The van der Waals surface area contributed by atoms with E-state index >= 15 is 0 Å². The van der Waals surface area contributed by atoms with Crippen LogP contribution in [0.15, 0.2) is 36.4 Å². The molecule has 1 aliphatic rings. The number of amides is 1. The monoisotopic (exact) mass is 432 g/mol. The molecule has 30 heavy (non-hydrogen) atoms. The number of hydrogen-bond donors (Lipinski definition) is 4. The number of nitrogens with two attached hydrogens (primary N) is 1.